The Balaban J connectivity index is 2.19. The first-order chi connectivity index (χ1) is 4.83. The molecule has 0 amide bonds. The fourth-order valence-electron chi connectivity index (χ4n) is 1.40. The number of thioether (sulfide) groups is 1. The molecule has 10 heavy (non-hydrogen) atoms. The molecule has 1 fully saturated rings. The van der Waals surface area contributed by atoms with Gasteiger partial charge in [0.25, 0.3) is 0 Å². The molecule has 0 aromatic carbocycles. The zero-order valence-corrected chi connectivity index (χ0v) is 7.54. The summed E-state index contributed by atoms with van der Waals surface area (Å²) < 4.78 is 0. The van der Waals surface area contributed by atoms with Crippen LogP contribution < -0.4 is 0 Å². The lowest BCUT2D eigenvalue weighted by Crippen LogP contribution is -2.09. The van der Waals surface area contributed by atoms with Gasteiger partial charge in [0.2, 0.25) is 0 Å². The zero-order valence-electron chi connectivity index (χ0n) is 6.73. The number of hydrogen-bond acceptors (Lipinski definition) is 1. The summed E-state index contributed by atoms with van der Waals surface area (Å²) in [4.78, 5) is 0. The summed E-state index contributed by atoms with van der Waals surface area (Å²) in [6.07, 6.45) is 5.30. The maximum absolute atomic E-state index is 4.00. The fraction of sp³-hybridized carbons (Fsp3) is 0.778. The largest absolute Gasteiger partial charge is 0.159 e. The standard InChI is InChI=1S/C9H16S/c1-3-10-9-6-4-8(2)5-7-9/h9H,2-7H2,1H3. The van der Waals surface area contributed by atoms with Crippen LogP contribution in [0.3, 0.4) is 0 Å². The molecule has 0 aliphatic heterocycles. The average molecular weight is 156 g/mol. The molecule has 1 aliphatic carbocycles. The van der Waals surface area contributed by atoms with Crippen molar-refractivity contribution in [3.63, 3.8) is 0 Å². The van der Waals surface area contributed by atoms with Crippen LogP contribution in [0.15, 0.2) is 12.2 Å². The molecule has 0 radical (unpaired) electrons. The van der Waals surface area contributed by atoms with Crippen molar-refractivity contribution in [1.82, 2.24) is 0 Å². The molecule has 0 spiro atoms. The van der Waals surface area contributed by atoms with E-state index in [1.807, 2.05) is 0 Å². The van der Waals surface area contributed by atoms with E-state index >= 15 is 0 Å². The number of hydrogen-bond donors (Lipinski definition) is 0. The zero-order chi connectivity index (χ0) is 7.40. The van der Waals surface area contributed by atoms with Crippen LogP contribution in [0, 0.1) is 0 Å². The van der Waals surface area contributed by atoms with Gasteiger partial charge in [-0.1, -0.05) is 19.1 Å². The number of allylic oxidation sites excluding steroid dienone is 1. The molecule has 0 bridgehead atoms. The first kappa shape index (κ1) is 8.19. The minimum Gasteiger partial charge on any atom is -0.159 e. The molecule has 0 aromatic rings. The highest BCUT2D eigenvalue weighted by molar-refractivity contribution is 7.99. The highest BCUT2D eigenvalue weighted by atomic mass is 32.2. The molecule has 0 atom stereocenters. The van der Waals surface area contributed by atoms with Crippen LogP contribution >= 0.6 is 11.8 Å². The Morgan fingerprint density at radius 1 is 1.50 bits per heavy atom. The normalized spacial score (nSPS) is 21.5. The van der Waals surface area contributed by atoms with Crippen LogP contribution in [0.4, 0.5) is 0 Å². The topological polar surface area (TPSA) is 0 Å². The Bertz CT molecular complexity index is 108. The van der Waals surface area contributed by atoms with E-state index in [2.05, 4.69) is 25.3 Å². The molecule has 1 heteroatoms. The lowest BCUT2D eigenvalue weighted by Gasteiger charge is -2.21. The van der Waals surface area contributed by atoms with E-state index in [0.29, 0.717) is 0 Å². The summed E-state index contributed by atoms with van der Waals surface area (Å²) >= 11 is 2.11. The summed E-state index contributed by atoms with van der Waals surface area (Å²) in [6.45, 7) is 6.24. The summed E-state index contributed by atoms with van der Waals surface area (Å²) in [5, 5.41) is 0.940. The fourth-order valence-corrected chi connectivity index (χ4v) is 2.44. The first-order valence-electron chi connectivity index (χ1n) is 4.11. The molecule has 0 N–H and O–H groups in total. The summed E-state index contributed by atoms with van der Waals surface area (Å²) in [7, 11) is 0. The lowest BCUT2D eigenvalue weighted by molar-refractivity contribution is 0.616. The van der Waals surface area contributed by atoms with Gasteiger partial charge in [0.1, 0.15) is 0 Å². The first-order valence-corrected chi connectivity index (χ1v) is 5.16. The van der Waals surface area contributed by atoms with E-state index in [9.17, 15) is 0 Å². The minimum absolute atomic E-state index is 0.940. The third kappa shape index (κ3) is 2.37. The smallest absolute Gasteiger partial charge is 0.00530 e. The molecule has 58 valence electrons. The lowest BCUT2D eigenvalue weighted by atomic mass is 9.96. The van der Waals surface area contributed by atoms with Crippen molar-refractivity contribution in [1.29, 1.82) is 0 Å². The van der Waals surface area contributed by atoms with Gasteiger partial charge in [0.15, 0.2) is 0 Å². The molecule has 0 heterocycles. The second kappa shape index (κ2) is 4.07. The van der Waals surface area contributed by atoms with Gasteiger partial charge in [-0.05, 0) is 31.4 Å². The maximum Gasteiger partial charge on any atom is 0.00530 e. The van der Waals surface area contributed by atoms with Crippen molar-refractivity contribution in [2.45, 2.75) is 37.9 Å². The number of rotatable bonds is 2. The molecule has 1 aliphatic rings. The van der Waals surface area contributed by atoms with Gasteiger partial charge < -0.3 is 0 Å². The Kier molecular flexibility index (Phi) is 3.33. The minimum atomic E-state index is 0.940. The molecule has 1 rings (SSSR count). The van der Waals surface area contributed by atoms with Crippen molar-refractivity contribution in [3.8, 4) is 0 Å². The Hall–Kier alpha value is 0.0900. The molecular weight excluding hydrogens is 140 g/mol. The quantitative estimate of drug-likeness (QED) is 0.553. The average Bonchev–Trinajstić information content (AvgIpc) is 1.95. The molecule has 0 saturated heterocycles. The van der Waals surface area contributed by atoms with E-state index in [1.54, 1.807) is 0 Å². The van der Waals surface area contributed by atoms with Gasteiger partial charge in [-0.25, -0.2) is 0 Å². The van der Waals surface area contributed by atoms with Crippen molar-refractivity contribution < 1.29 is 0 Å². The second-order valence-electron chi connectivity index (χ2n) is 2.90. The van der Waals surface area contributed by atoms with Crippen LogP contribution in [0.1, 0.15) is 32.6 Å². The predicted octanol–water partition coefficient (Wildman–Crippen LogP) is 3.24. The van der Waals surface area contributed by atoms with E-state index < -0.39 is 0 Å². The van der Waals surface area contributed by atoms with Crippen LogP contribution in [0.25, 0.3) is 0 Å². The highest BCUT2D eigenvalue weighted by Crippen LogP contribution is 2.30. The summed E-state index contributed by atoms with van der Waals surface area (Å²) in [6, 6.07) is 0. The van der Waals surface area contributed by atoms with Gasteiger partial charge in [-0.15, -0.1) is 0 Å². The second-order valence-corrected chi connectivity index (χ2v) is 4.48. The van der Waals surface area contributed by atoms with E-state index in [4.69, 9.17) is 0 Å². The van der Waals surface area contributed by atoms with Crippen LogP contribution in [-0.2, 0) is 0 Å². The van der Waals surface area contributed by atoms with Gasteiger partial charge in [0, 0.05) is 5.25 Å². The van der Waals surface area contributed by atoms with Gasteiger partial charge >= 0.3 is 0 Å². The Labute approximate surface area is 68.1 Å². The van der Waals surface area contributed by atoms with Gasteiger partial charge in [-0.3, -0.25) is 0 Å². The van der Waals surface area contributed by atoms with Crippen LogP contribution in [0.2, 0.25) is 0 Å². The maximum atomic E-state index is 4.00. The van der Waals surface area contributed by atoms with Crippen LogP contribution in [0.5, 0.6) is 0 Å². The Morgan fingerprint density at radius 2 is 2.10 bits per heavy atom. The molecular formula is C9H16S. The molecule has 0 unspecified atom stereocenters. The van der Waals surface area contributed by atoms with Crippen molar-refractivity contribution in [2.24, 2.45) is 0 Å². The third-order valence-corrected chi connectivity index (χ3v) is 3.32. The summed E-state index contributed by atoms with van der Waals surface area (Å²) in [5.74, 6) is 1.27. The SMILES string of the molecule is C=C1CCC(SCC)CC1. The van der Waals surface area contributed by atoms with Crippen molar-refractivity contribution in [2.75, 3.05) is 5.75 Å². The van der Waals surface area contributed by atoms with E-state index in [0.717, 1.165) is 5.25 Å². The molecule has 0 nitrogen and oxygen atoms in total. The highest BCUT2D eigenvalue weighted by Gasteiger charge is 2.14. The molecule has 0 aromatic heterocycles. The van der Waals surface area contributed by atoms with Gasteiger partial charge in [0.05, 0.1) is 0 Å². The van der Waals surface area contributed by atoms with Gasteiger partial charge in [-0.2, -0.15) is 11.8 Å². The summed E-state index contributed by atoms with van der Waals surface area (Å²) in [5.41, 5.74) is 1.47. The predicted molar refractivity (Wildman–Crippen MR) is 49.5 cm³/mol. The van der Waals surface area contributed by atoms with Crippen LogP contribution in [-0.4, -0.2) is 11.0 Å². The van der Waals surface area contributed by atoms with E-state index in [-0.39, 0.29) is 0 Å². The monoisotopic (exact) mass is 156 g/mol. The Morgan fingerprint density at radius 3 is 2.60 bits per heavy atom. The van der Waals surface area contributed by atoms with Crippen molar-refractivity contribution in [3.05, 3.63) is 12.2 Å². The van der Waals surface area contributed by atoms with Crippen molar-refractivity contribution >= 4 is 11.8 Å². The van der Waals surface area contributed by atoms with E-state index in [1.165, 1.54) is 37.0 Å². The molecule has 1 saturated carbocycles. The third-order valence-electron chi connectivity index (χ3n) is 2.04.